The Morgan fingerprint density at radius 1 is 0.844 bits per heavy atom. The standard InChI is InChI=1S/C19H14F6N6O/c20-18(21,22)13-3-1-2-12(29-13)17-30-15(7-16(31-17)28-11-8-32-9-11)27-10-4-5-26-14(6-10)19(23,24)25/h1-7,11H,8-9H2,(H2,26,27,28,30,31). The first-order chi connectivity index (χ1) is 15.1. The zero-order valence-electron chi connectivity index (χ0n) is 16.0. The maximum absolute atomic E-state index is 13.0. The van der Waals surface area contributed by atoms with Gasteiger partial charge in [-0.3, -0.25) is 4.98 Å². The molecule has 0 unspecified atom stereocenters. The third-order valence-electron chi connectivity index (χ3n) is 4.31. The molecule has 0 aromatic carbocycles. The number of aromatic nitrogens is 4. The number of pyridine rings is 2. The Morgan fingerprint density at radius 2 is 1.56 bits per heavy atom. The molecule has 4 rings (SSSR count). The highest BCUT2D eigenvalue weighted by atomic mass is 19.4. The van der Waals surface area contributed by atoms with Crippen LogP contribution in [0.5, 0.6) is 0 Å². The summed E-state index contributed by atoms with van der Waals surface area (Å²) < 4.78 is 83.0. The molecular formula is C19H14F6N6O. The normalized spacial score (nSPS) is 14.7. The number of hydrogen-bond acceptors (Lipinski definition) is 7. The number of ether oxygens (including phenoxy) is 1. The number of rotatable bonds is 5. The molecule has 0 saturated carbocycles. The predicted molar refractivity (Wildman–Crippen MR) is 101 cm³/mol. The Labute approximate surface area is 176 Å². The highest BCUT2D eigenvalue weighted by molar-refractivity contribution is 5.64. The van der Waals surface area contributed by atoms with Gasteiger partial charge in [0.1, 0.15) is 28.7 Å². The van der Waals surface area contributed by atoms with Gasteiger partial charge in [-0.15, -0.1) is 0 Å². The third kappa shape index (κ3) is 5.04. The monoisotopic (exact) mass is 456 g/mol. The van der Waals surface area contributed by atoms with E-state index in [4.69, 9.17) is 4.74 Å². The summed E-state index contributed by atoms with van der Waals surface area (Å²) in [5.41, 5.74) is -2.35. The molecule has 168 valence electrons. The Balaban J connectivity index is 1.70. The van der Waals surface area contributed by atoms with Crippen molar-refractivity contribution < 1.29 is 31.1 Å². The first-order valence-electron chi connectivity index (χ1n) is 9.16. The van der Waals surface area contributed by atoms with E-state index in [1.807, 2.05) is 0 Å². The quantitative estimate of drug-likeness (QED) is 0.546. The van der Waals surface area contributed by atoms with Crippen LogP contribution in [0.1, 0.15) is 11.4 Å². The molecule has 32 heavy (non-hydrogen) atoms. The zero-order chi connectivity index (χ0) is 22.9. The van der Waals surface area contributed by atoms with E-state index in [-0.39, 0.29) is 34.9 Å². The highest BCUT2D eigenvalue weighted by Crippen LogP contribution is 2.31. The Bertz CT molecular complexity index is 1120. The molecule has 13 heteroatoms. The van der Waals surface area contributed by atoms with Gasteiger partial charge in [-0.2, -0.15) is 26.3 Å². The maximum atomic E-state index is 13.0. The summed E-state index contributed by atoms with van der Waals surface area (Å²) in [4.78, 5) is 15.2. The fourth-order valence-corrected chi connectivity index (χ4v) is 2.76. The molecule has 2 N–H and O–H groups in total. The zero-order valence-corrected chi connectivity index (χ0v) is 16.0. The van der Waals surface area contributed by atoms with Gasteiger partial charge in [-0.1, -0.05) is 6.07 Å². The predicted octanol–water partition coefficient (Wildman–Crippen LogP) is 4.53. The van der Waals surface area contributed by atoms with Crippen LogP contribution in [0.15, 0.2) is 42.6 Å². The summed E-state index contributed by atoms with van der Waals surface area (Å²) in [5, 5.41) is 5.75. The lowest BCUT2D eigenvalue weighted by Crippen LogP contribution is -2.40. The lowest BCUT2D eigenvalue weighted by Gasteiger charge is -2.27. The van der Waals surface area contributed by atoms with Gasteiger partial charge in [0.2, 0.25) is 0 Å². The molecule has 0 amide bonds. The van der Waals surface area contributed by atoms with Crippen molar-refractivity contribution in [2.24, 2.45) is 0 Å². The van der Waals surface area contributed by atoms with Crippen molar-refractivity contribution in [2.75, 3.05) is 23.8 Å². The minimum Gasteiger partial charge on any atom is -0.377 e. The smallest absolute Gasteiger partial charge is 0.377 e. The molecular weight excluding hydrogens is 442 g/mol. The molecule has 3 aromatic heterocycles. The Morgan fingerprint density at radius 3 is 2.22 bits per heavy atom. The second-order valence-corrected chi connectivity index (χ2v) is 6.80. The molecule has 0 radical (unpaired) electrons. The molecule has 1 saturated heterocycles. The molecule has 1 aliphatic heterocycles. The van der Waals surface area contributed by atoms with Crippen LogP contribution in [0.2, 0.25) is 0 Å². The van der Waals surface area contributed by atoms with Gasteiger partial charge < -0.3 is 15.4 Å². The number of nitrogens with zero attached hydrogens (tertiary/aromatic N) is 4. The fraction of sp³-hybridized carbons (Fsp3) is 0.263. The third-order valence-corrected chi connectivity index (χ3v) is 4.31. The fourth-order valence-electron chi connectivity index (χ4n) is 2.76. The van der Waals surface area contributed by atoms with E-state index in [1.165, 1.54) is 24.3 Å². The van der Waals surface area contributed by atoms with Crippen LogP contribution in [-0.2, 0) is 17.1 Å². The number of halogens is 6. The van der Waals surface area contributed by atoms with E-state index >= 15 is 0 Å². The van der Waals surface area contributed by atoms with Crippen LogP contribution in [0.3, 0.4) is 0 Å². The average Bonchev–Trinajstić information content (AvgIpc) is 2.70. The van der Waals surface area contributed by atoms with Crippen LogP contribution in [0.25, 0.3) is 11.5 Å². The first kappa shape index (κ1) is 21.7. The van der Waals surface area contributed by atoms with Crippen LogP contribution in [0, 0.1) is 0 Å². The molecule has 3 aromatic rings. The average molecular weight is 456 g/mol. The molecule has 4 heterocycles. The van der Waals surface area contributed by atoms with Crippen molar-refractivity contribution in [1.29, 1.82) is 0 Å². The van der Waals surface area contributed by atoms with Crippen molar-refractivity contribution in [3.63, 3.8) is 0 Å². The molecule has 0 spiro atoms. The summed E-state index contributed by atoms with van der Waals surface area (Å²) in [6, 6.07) is 6.72. The van der Waals surface area contributed by atoms with Crippen LogP contribution in [0.4, 0.5) is 43.7 Å². The SMILES string of the molecule is FC(F)(F)c1cc(Nc2cc(NC3COC3)nc(-c3cccc(C(F)(F)F)n3)n2)ccn1. The van der Waals surface area contributed by atoms with Crippen molar-refractivity contribution in [1.82, 2.24) is 19.9 Å². The maximum Gasteiger partial charge on any atom is 0.433 e. The molecule has 7 nitrogen and oxygen atoms in total. The van der Waals surface area contributed by atoms with Gasteiger partial charge in [0, 0.05) is 18.0 Å². The van der Waals surface area contributed by atoms with Gasteiger partial charge in [-0.25, -0.2) is 15.0 Å². The second kappa shape index (κ2) is 8.22. The number of anilines is 3. The molecule has 1 aliphatic rings. The van der Waals surface area contributed by atoms with Crippen molar-refractivity contribution >= 4 is 17.3 Å². The highest BCUT2D eigenvalue weighted by Gasteiger charge is 2.33. The Kier molecular flexibility index (Phi) is 5.59. The van der Waals surface area contributed by atoms with Gasteiger partial charge in [-0.05, 0) is 24.3 Å². The number of hydrogen-bond donors (Lipinski definition) is 2. The van der Waals surface area contributed by atoms with E-state index in [1.54, 1.807) is 0 Å². The van der Waals surface area contributed by atoms with Crippen LogP contribution in [-0.4, -0.2) is 39.2 Å². The van der Waals surface area contributed by atoms with E-state index < -0.39 is 23.7 Å². The largest absolute Gasteiger partial charge is 0.433 e. The number of nitrogens with one attached hydrogen (secondary N) is 2. The van der Waals surface area contributed by atoms with Crippen molar-refractivity contribution in [2.45, 2.75) is 18.4 Å². The lowest BCUT2D eigenvalue weighted by atomic mass is 10.2. The summed E-state index contributed by atoms with van der Waals surface area (Å²) in [6.07, 6.45) is -8.33. The van der Waals surface area contributed by atoms with Crippen LogP contribution >= 0.6 is 0 Å². The second-order valence-electron chi connectivity index (χ2n) is 6.80. The van der Waals surface area contributed by atoms with E-state index in [0.717, 1.165) is 18.3 Å². The summed E-state index contributed by atoms with van der Waals surface area (Å²) in [7, 11) is 0. The molecule has 0 atom stereocenters. The summed E-state index contributed by atoms with van der Waals surface area (Å²) >= 11 is 0. The van der Waals surface area contributed by atoms with E-state index in [9.17, 15) is 26.3 Å². The molecule has 0 bridgehead atoms. The van der Waals surface area contributed by atoms with Gasteiger partial charge in [0.25, 0.3) is 0 Å². The van der Waals surface area contributed by atoms with E-state index in [0.29, 0.717) is 13.2 Å². The topological polar surface area (TPSA) is 84.9 Å². The minimum absolute atomic E-state index is 0.0342. The van der Waals surface area contributed by atoms with Gasteiger partial charge >= 0.3 is 12.4 Å². The Hall–Kier alpha value is -3.48. The molecule has 0 aliphatic carbocycles. The van der Waals surface area contributed by atoms with Gasteiger partial charge in [0.05, 0.1) is 19.3 Å². The van der Waals surface area contributed by atoms with Gasteiger partial charge in [0.15, 0.2) is 5.82 Å². The minimum atomic E-state index is -4.67. The molecule has 1 fully saturated rings. The van der Waals surface area contributed by atoms with E-state index in [2.05, 4.69) is 30.6 Å². The van der Waals surface area contributed by atoms with Crippen LogP contribution < -0.4 is 10.6 Å². The summed E-state index contributed by atoms with van der Waals surface area (Å²) in [6.45, 7) is 0.812. The summed E-state index contributed by atoms with van der Waals surface area (Å²) in [5.74, 6) is 0.153. The lowest BCUT2D eigenvalue weighted by molar-refractivity contribution is -0.141. The first-order valence-corrected chi connectivity index (χ1v) is 9.16. The number of alkyl halides is 6. The van der Waals surface area contributed by atoms with Crippen molar-refractivity contribution in [3.05, 3.63) is 54.0 Å². The van der Waals surface area contributed by atoms with Crippen molar-refractivity contribution in [3.8, 4) is 11.5 Å².